The van der Waals surface area contributed by atoms with Crippen molar-refractivity contribution < 1.29 is 9.59 Å². The summed E-state index contributed by atoms with van der Waals surface area (Å²) in [6.45, 7) is 3.95. The Morgan fingerprint density at radius 1 is 1.21 bits per heavy atom. The fourth-order valence-corrected chi connectivity index (χ4v) is 2.74. The van der Waals surface area contributed by atoms with Gasteiger partial charge in [0.05, 0.1) is 5.69 Å². The van der Waals surface area contributed by atoms with E-state index in [2.05, 4.69) is 20.9 Å². The predicted molar refractivity (Wildman–Crippen MR) is 101 cm³/mol. The molecule has 1 heterocycles. The molecule has 1 unspecified atom stereocenters. The van der Waals surface area contributed by atoms with Crippen LogP contribution in [0.4, 0.5) is 10.8 Å². The van der Waals surface area contributed by atoms with Gasteiger partial charge in [0.2, 0.25) is 11.8 Å². The van der Waals surface area contributed by atoms with Crippen molar-refractivity contribution in [2.24, 2.45) is 5.92 Å². The first kappa shape index (κ1) is 20.1. The number of nitrogens with zero attached hydrogens (tertiary/aromatic N) is 1. The second-order valence-corrected chi connectivity index (χ2v) is 6.10. The highest BCUT2D eigenvalue weighted by molar-refractivity contribution is 7.14. The third kappa shape index (κ3) is 5.59. The lowest BCUT2D eigenvalue weighted by Crippen LogP contribution is -2.28. The third-order valence-corrected chi connectivity index (χ3v) is 3.95. The minimum atomic E-state index is -0.121. The van der Waals surface area contributed by atoms with E-state index in [1.165, 1.54) is 18.3 Å². The van der Waals surface area contributed by atoms with Gasteiger partial charge < -0.3 is 16.0 Å². The monoisotopic (exact) mass is 368 g/mol. The third-order valence-electron chi connectivity index (χ3n) is 3.19. The number of carbonyl (C=O) groups is 2. The molecule has 2 amide bonds. The van der Waals surface area contributed by atoms with E-state index in [1.807, 2.05) is 43.6 Å². The summed E-state index contributed by atoms with van der Waals surface area (Å²) in [6.07, 6.45) is 0. The number of thiazole rings is 1. The first-order valence-corrected chi connectivity index (χ1v) is 8.16. The van der Waals surface area contributed by atoms with Crippen LogP contribution < -0.4 is 16.0 Å². The van der Waals surface area contributed by atoms with Gasteiger partial charge in [0.25, 0.3) is 0 Å². The van der Waals surface area contributed by atoms with E-state index in [0.717, 1.165) is 16.9 Å². The molecule has 0 spiro atoms. The highest BCUT2D eigenvalue weighted by Crippen LogP contribution is 2.26. The highest BCUT2D eigenvalue weighted by Gasteiger charge is 2.14. The van der Waals surface area contributed by atoms with Gasteiger partial charge in [-0.15, -0.1) is 23.7 Å². The minimum absolute atomic E-state index is 0. The van der Waals surface area contributed by atoms with Crippen LogP contribution in [0.3, 0.4) is 0 Å². The molecule has 8 heteroatoms. The number of benzene rings is 1. The molecule has 6 nitrogen and oxygen atoms in total. The van der Waals surface area contributed by atoms with E-state index in [4.69, 9.17) is 0 Å². The number of nitrogens with one attached hydrogen (secondary N) is 3. The van der Waals surface area contributed by atoms with Gasteiger partial charge >= 0.3 is 0 Å². The van der Waals surface area contributed by atoms with Crippen molar-refractivity contribution in [2.75, 3.05) is 24.2 Å². The molecule has 3 N–H and O–H groups in total. The molecule has 0 aliphatic carbocycles. The van der Waals surface area contributed by atoms with Gasteiger partial charge in [-0.25, -0.2) is 4.98 Å². The molecule has 0 saturated carbocycles. The second-order valence-electron chi connectivity index (χ2n) is 5.24. The predicted octanol–water partition coefficient (Wildman–Crippen LogP) is 2.98. The Balaban J connectivity index is 0.00000288. The van der Waals surface area contributed by atoms with E-state index >= 15 is 0 Å². The fraction of sp³-hybridized carbons (Fsp3) is 0.312. The minimum Gasteiger partial charge on any atom is -0.326 e. The van der Waals surface area contributed by atoms with Gasteiger partial charge in [0.1, 0.15) is 0 Å². The summed E-state index contributed by atoms with van der Waals surface area (Å²) in [4.78, 5) is 27.4. The maximum Gasteiger partial charge on any atom is 0.230 e. The first-order chi connectivity index (χ1) is 11.0. The number of hydrogen-bond donors (Lipinski definition) is 3. The summed E-state index contributed by atoms with van der Waals surface area (Å²) in [5.41, 5.74) is 2.46. The zero-order valence-corrected chi connectivity index (χ0v) is 15.4. The molecular formula is C16H21ClN4O2S. The van der Waals surface area contributed by atoms with E-state index < -0.39 is 0 Å². The Morgan fingerprint density at radius 3 is 2.46 bits per heavy atom. The molecule has 0 radical (unpaired) electrons. The van der Waals surface area contributed by atoms with Crippen LogP contribution in [0.1, 0.15) is 13.8 Å². The van der Waals surface area contributed by atoms with Gasteiger partial charge in [0, 0.05) is 36.0 Å². The Morgan fingerprint density at radius 2 is 1.88 bits per heavy atom. The lowest BCUT2D eigenvalue weighted by molar-refractivity contribution is -0.119. The molecule has 24 heavy (non-hydrogen) atoms. The zero-order chi connectivity index (χ0) is 16.8. The van der Waals surface area contributed by atoms with E-state index in [-0.39, 0.29) is 30.1 Å². The molecule has 0 saturated heterocycles. The maximum absolute atomic E-state index is 12.0. The summed E-state index contributed by atoms with van der Waals surface area (Å²) < 4.78 is 0. The Bertz CT molecular complexity index is 688. The van der Waals surface area contributed by atoms with Crippen LogP contribution in [0.2, 0.25) is 0 Å². The number of amides is 2. The maximum atomic E-state index is 12.0. The molecule has 2 aromatic rings. The highest BCUT2D eigenvalue weighted by atomic mass is 35.5. The first-order valence-electron chi connectivity index (χ1n) is 7.28. The summed E-state index contributed by atoms with van der Waals surface area (Å²) in [5, 5.41) is 11.0. The van der Waals surface area contributed by atoms with Gasteiger partial charge in [-0.1, -0.05) is 19.1 Å². The summed E-state index contributed by atoms with van der Waals surface area (Å²) in [7, 11) is 1.82. The average Bonchev–Trinajstić information content (AvgIpc) is 2.96. The second kappa shape index (κ2) is 9.36. The lowest BCUT2D eigenvalue weighted by atomic mass is 10.1. The average molecular weight is 369 g/mol. The van der Waals surface area contributed by atoms with Crippen LogP contribution in [-0.2, 0) is 9.59 Å². The van der Waals surface area contributed by atoms with Crippen molar-refractivity contribution >= 4 is 46.4 Å². The van der Waals surface area contributed by atoms with Crippen molar-refractivity contribution in [1.29, 1.82) is 0 Å². The normalized spacial score (nSPS) is 11.3. The molecule has 0 fully saturated rings. The molecule has 130 valence electrons. The number of rotatable bonds is 6. The molecule has 1 aromatic heterocycles. The number of halogens is 1. The van der Waals surface area contributed by atoms with E-state index in [1.54, 1.807) is 0 Å². The van der Waals surface area contributed by atoms with Gasteiger partial charge in [0.15, 0.2) is 5.13 Å². The number of hydrogen-bond acceptors (Lipinski definition) is 5. The zero-order valence-electron chi connectivity index (χ0n) is 13.8. The topological polar surface area (TPSA) is 83.1 Å². The molecule has 1 atom stereocenters. The number of aromatic nitrogens is 1. The van der Waals surface area contributed by atoms with Crippen LogP contribution in [0.15, 0.2) is 29.6 Å². The largest absolute Gasteiger partial charge is 0.326 e. The lowest BCUT2D eigenvalue weighted by Gasteiger charge is -2.09. The van der Waals surface area contributed by atoms with Crippen LogP contribution in [0, 0.1) is 5.92 Å². The smallest absolute Gasteiger partial charge is 0.230 e. The molecule has 1 aromatic carbocycles. The van der Waals surface area contributed by atoms with Gasteiger partial charge in [-0.2, -0.15) is 0 Å². The summed E-state index contributed by atoms with van der Waals surface area (Å²) in [6, 6.07) is 7.41. The van der Waals surface area contributed by atoms with Crippen molar-refractivity contribution in [3.8, 4) is 11.3 Å². The van der Waals surface area contributed by atoms with E-state index in [9.17, 15) is 9.59 Å². The molecule has 0 aliphatic heterocycles. The number of carbonyl (C=O) groups excluding carboxylic acids is 2. The quantitative estimate of drug-likeness (QED) is 0.732. The van der Waals surface area contributed by atoms with Gasteiger partial charge in [-0.3, -0.25) is 9.59 Å². The molecular weight excluding hydrogens is 348 g/mol. The Labute approximate surface area is 151 Å². The molecule has 2 rings (SSSR count). The number of anilines is 2. The SMILES string of the molecule is CNCC(C)C(=O)Nc1nc(-c2ccc(NC(C)=O)cc2)cs1.Cl. The summed E-state index contributed by atoms with van der Waals surface area (Å²) in [5.74, 6) is -0.280. The fourth-order valence-electron chi connectivity index (χ4n) is 2.02. The molecule has 0 aliphatic rings. The van der Waals surface area contributed by atoms with Crippen LogP contribution in [0.5, 0.6) is 0 Å². The van der Waals surface area contributed by atoms with Crippen LogP contribution >= 0.6 is 23.7 Å². The standard InChI is InChI=1S/C16H20N4O2S.ClH/c1-10(8-17-3)15(22)20-16-19-14(9-23-16)12-4-6-13(7-5-12)18-11(2)21;/h4-7,9-10,17H,8H2,1-3H3,(H,18,21)(H,19,20,22);1H. The van der Waals surface area contributed by atoms with Crippen molar-refractivity contribution in [3.63, 3.8) is 0 Å². The van der Waals surface area contributed by atoms with E-state index in [0.29, 0.717) is 11.7 Å². The Kier molecular flexibility index (Phi) is 7.84. The van der Waals surface area contributed by atoms with Crippen molar-refractivity contribution in [3.05, 3.63) is 29.6 Å². The summed E-state index contributed by atoms with van der Waals surface area (Å²) >= 11 is 1.39. The van der Waals surface area contributed by atoms with Gasteiger partial charge in [-0.05, 0) is 19.2 Å². The van der Waals surface area contributed by atoms with Crippen LogP contribution in [-0.4, -0.2) is 30.4 Å². The Hall–Kier alpha value is -1.96. The van der Waals surface area contributed by atoms with Crippen molar-refractivity contribution in [2.45, 2.75) is 13.8 Å². The molecule has 0 bridgehead atoms. The van der Waals surface area contributed by atoms with Crippen LogP contribution in [0.25, 0.3) is 11.3 Å². The van der Waals surface area contributed by atoms with Crippen molar-refractivity contribution in [1.82, 2.24) is 10.3 Å².